The van der Waals surface area contributed by atoms with Crippen LogP contribution in [0.2, 0.25) is 20.1 Å². The third kappa shape index (κ3) is 6.86. The fourth-order valence-electron chi connectivity index (χ4n) is 3.77. The Balaban J connectivity index is 1.37. The van der Waals surface area contributed by atoms with E-state index in [0.717, 1.165) is 30.4 Å². The van der Waals surface area contributed by atoms with Crippen molar-refractivity contribution < 1.29 is 14.2 Å². The molecule has 5 nitrogen and oxygen atoms in total. The van der Waals surface area contributed by atoms with Gasteiger partial charge < -0.3 is 18.8 Å². The molecular formula is C24H24Cl4N2O3. The topological polar surface area (TPSA) is 45.5 Å². The maximum atomic E-state index is 6.47. The summed E-state index contributed by atoms with van der Waals surface area (Å²) in [5.74, 6) is 0. The maximum absolute atomic E-state index is 6.47. The third-order valence-corrected chi connectivity index (χ3v) is 6.78. The summed E-state index contributed by atoms with van der Waals surface area (Å²) in [6.07, 6.45) is 7.32. The summed E-state index contributed by atoms with van der Waals surface area (Å²) in [7, 11) is 0. The van der Waals surface area contributed by atoms with Gasteiger partial charge >= 0.3 is 0 Å². The SMILES string of the molecule is Clc1ccc(C(Cn2ccnc2)OC[C@H]2CCC[C@H](OCc3c(Cl)cccc3Cl)O2)c(Cl)c1. The first-order valence-corrected chi connectivity index (χ1v) is 12.2. The number of ether oxygens (including phenoxy) is 3. The number of rotatable bonds is 9. The van der Waals surface area contributed by atoms with Crippen molar-refractivity contribution >= 4 is 46.4 Å². The average Bonchev–Trinajstić information content (AvgIpc) is 3.30. The number of nitrogens with zero attached hydrogens (tertiary/aromatic N) is 2. The summed E-state index contributed by atoms with van der Waals surface area (Å²) >= 11 is 25.1. The van der Waals surface area contributed by atoms with Crippen molar-refractivity contribution in [2.45, 2.75) is 50.9 Å². The van der Waals surface area contributed by atoms with Gasteiger partial charge in [-0.3, -0.25) is 0 Å². The van der Waals surface area contributed by atoms with Crippen LogP contribution < -0.4 is 0 Å². The van der Waals surface area contributed by atoms with E-state index in [0.29, 0.717) is 39.8 Å². The van der Waals surface area contributed by atoms with E-state index in [9.17, 15) is 0 Å². The van der Waals surface area contributed by atoms with E-state index in [1.165, 1.54) is 0 Å². The molecular weight excluding hydrogens is 506 g/mol. The number of hydrogen-bond donors (Lipinski definition) is 0. The molecule has 1 aliphatic rings. The van der Waals surface area contributed by atoms with E-state index in [2.05, 4.69) is 4.98 Å². The number of imidazole rings is 1. The third-order valence-electron chi connectivity index (χ3n) is 5.51. The summed E-state index contributed by atoms with van der Waals surface area (Å²) in [6, 6.07) is 10.8. The van der Waals surface area contributed by atoms with E-state index in [1.54, 1.807) is 30.7 Å². The molecule has 0 bridgehead atoms. The molecule has 1 aromatic heterocycles. The maximum Gasteiger partial charge on any atom is 0.158 e. The molecule has 3 aromatic rings. The smallest absolute Gasteiger partial charge is 0.158 e. The quantitative estimate of drug-likeness (QED) is 0.290. The molecule has 2 aromatic carbocycles. The van der Waals surface area contributed by atoms with Crippen LogP contribution in [0.3, 0.4) is 0 Å². The van der Waals surface area contributed by atoms with Crippen LogP contribution in [-0.4, -0.2) is 28.6 Å². The highest BCUT2D eigenvalue weighted by Gasteiger charge is 2.26. The summed E-state index contributed by atoms with van der Waals surface area (Å²) < 4.78 is 20.4. The zero-order valence-corrected chi connectivity index (χ0v) is 20.8. The van der Waals surface area contributed by atoms with Gasteiger partial charge in [0.1, 0.15) is 6.10 Å². The van der Waals surface area contributed by atoms with E-state index in [1.807, 2.05) is 29.0 Å². The van der Waals surface area contributed by atoms with E-state index in [4.69, 9.17) is 60.6 Å². The van der Waals surface area contributed by atoms with Crippen LogP contribution in [-0.2, 0) is 27.4 Å². The van der Waals surface area contributed by atoms with Gasteiger partial charge in [-0.1, -0.05) is 58.5 Å². The van der Waals surface area contributed by atoms with Crippen LogP contribution in [0.5, 0.6) is 0 Å². The summed E-state index contributed by atoms with van der Waals surface area (Å²) in [5.41, 5.74) is 1.63. The van der Waals surface area contributed by atoms with Crippen molar-refractivity contribution in [3.05, 3.63) is 86.3 Å². The molecule has 0 saturated carbocycles. The number of halogens is 4. The molecule has 176 valence electrons. The summed E-state index contributed by atoms with van der Waals surface area (Å²) in [4.78, 5) is 4.12. The Morgan fingerprint density at radius 2 is 1.88 bits per heavy atom. The zero-order chi connectivity index (χ0) is 23.2. The van der Waals surface area contributed by atoms with Crippen molar-refractivity contribution in [2.24, 2.45) is 0 Å². The molecule has 2 heterocycles. The normalized spacial score (nSPS) is 19.5. The largest absolute Gasteiger partial charge is 0.369 e. The predicted octanol–water partition coefficient (Wildman–Crippen LogP) is 7.37. The van der Waals surface area contributed by atoms with Gasteiger partial charge in [0.15, 0.2) is 6.29 Å². The first-order chi connectivity index (χ1) is 16.0. The molecule has 33 heavy (non-hydrogen) atoms. The van der Waals surface area contributed by atoms with Crippen LogP contribution in [0.4, 0.5) is 0 Å². The van der Waals surface area contributed by atoms with Crippen molar-refractivity contribution in [2.75, 3.05) is 6.61 Å². The molecule has 1 aliphatic heterocycles. The van der Waals surface area contributed by atoms with E-state index in [-0.39, 0.29) is 18.5 Å². The zero-order valence-electron chi connectivity index (χ0n) is 17.8. The van der Waals surface area contributed by atoms with Gasteiger partial charge in [0.2, 0.25) is 0 Å². The molecule has 0 N–H and O–H groups in total. The first-order valence-electron chi connectivity index (χ1n) is 10.7. The molecule has 0 amide bonds. The van der Waals surface area contributed by atoms with Crippen molar-refractivity contribution in [1.29, 1.82) is 0 Å². The average molecular weight is 530 g/mol. The Labute approximate surface area is 213 Å². The molecule has 1 unspecified atom stereocenters. The Hall–Kier alpha value is -1.31. The Morgan fingerprint density at radius 1 is 1.06 bits per heavy atom. The van der Waals surface area contributed by atoms with Crippen LogP contribution in [0, 0.1) is 0 Å². The lowest BCUT2D eigenvalue weighted by Gasteiger charge is -2.31. The van der Waals surface area contributed by atoms with Gasteiger partial charge in [-0.05, 0) is 43.5 Å². The van der Waals surface area contributed by atoms with E-state index >= 15 is 0 Å². The predicted molar refractivity (Wildman–Crippen MR) is 131 cm³/mol. The van der Waals surface area contributed by atoms with Crippen LogP contribution >= 0.6 is 46.4 Å². The van der Waals surface area contributed by atoms with E-state index < -0.39 is 0 Å². The van der Waals surface area contributed by atoms with Crippen molar-refractivity contribution in [3.8, 4) is 0 Å². The molecule has 1 saturated heterocycles. The molecule has 3 atom stereocenters. The van der Waals surface area contributed by atoms with Crippen LogP contribution in [0.15, 0.2) is 55.1 Å². The minimum absolute atomic E-state index is 0.0955. The highest BCUT2D eigenvalue weighted by molar-refractivity contribution is 6.36. The Morgan fingerprint density at radius 3 is 2.61 bits per heavy atom. The molecule has 0 aliphatic carbocycles. The standard InChI is InChI=1S/C24H24Cl4N2O3/c25-16-7-8-18(22(28)11-16)23(12-30-10-9-29-15-30)31-13-17-3-1-6-24(33-17)32-14-19-20(26)4-2-5-21(19)27/h2,4-5,7-11,15,17,23-24H,1,3,6,12-14H2/t17-,23?,24-/m1/s1. The second-order valence-corrected chi connectivity index (χ2v) is 9.54. The number of benzene rings is 2. The lowest BCUT2D eigenvalue weighted by atomic mass is 10.1. The molecule has 1 fully saturated rings. The van der Waals surface area contributed by atoms with Gasteiger partial charge in [-0.2, -0.15) is 0 Å². The fraction of sp³-hybridized carbons (Fsp3) is 0.375. The Bertz CT molecular complexity index is 1030. The molecule has 0 spiro atoms. The minimum Gasteiger partial charge on any atom is -0.369 e. The number of hydrogen-bond acceptors (Lipinski definition) is 4. The van der Waals surface area contributed by atoms with Gasteiger partial charge in [0.25, 0.3) is 0 Å². The molecule has 0 radical (unpaired) electrons. The Kier molecular flexibility index (Phi) is 8.94. The lowest BCUT2D eigenvalue weighted by molar-refractivity contribution is -0.213. The van der Waals surface area contributed by atoms with Gasteiger partial charge in [-0.15, -0.1) is 0 Å². The minimum atomic E-state index is -0.342. The van der Waals surface area contributed by atoms with Crippen molar-refractivity contribution in [1.82, 2.24) is 9.55 Å². The van der Waals surface area contributed by atoms with Crippen LogP contribution in [0.25, 0.3) is 0 Å². The van der Waals surface area contributed by atoms with Gasteiger partial charge in [0, 0.05) is 43.6 Å². The summed E-state index contributed by atoms with van der Waals surface area (Å²) in [5, 5.41) is 2.31. The molecule has 4 rings (SSSR count). The highest BCUT2D eigenvalue weighted by atomic mass is 35.5. The second-order valence-electron chi connectivity index (χ2n) is 7.88. The van der Waals surface area contributed by atoms with Crippen LogP contribution in [0.1, 0.15) is 36.5 Å². The molecule has 9 heteroatoms. The summed E-state index contributed by atoms with van der Waals surface area (Å²) in [6.45, 7) is 1.27. The lowest BCUT2D eigenvalue weighted by Crippen LogP contribution is -2.33. The first kappa shape index (κ1) is 24.8. The fourth-order valence-corrected chi connectivity index (χ4v) is 4.80. The van der Waals surface area contributed by atoms with Crippen molar-refractivity contribution in [3.63, 3.8) is 0 Å². The highest BCUT2D eigenvalue weighted by Crippen LogP contribution is 2.31. The second kappa shape index (κ2) is 11.9. The monoisotopic (exact) mass is 528 g/mol. The van der Waals surface area contributed by atoms with Gasteiger partial charge in [0.05, 0.1) is 32.2 Å². The number of aromatic nitrogens is 2. The van der Waals surface area contributed by atoms with Gasteiger partial charge in [-0.25, -0.2) is 4.98 Å².